The lowest BCUT2D eigenvalue weighted by molar-refractivity contribution is -0.142. The third kappa shape index (κ3) is 3.13. The van der Waals surface area contributed by atoms with Gasteiger partial charge >= 0.3 is 0 Å². The van der Waals surface area contributed by atoms with Crippen LogP contribution in [-0.4, -0.2) is 29.3 Å². The Labute approximate surface area is 104 Å². The fourth-order valence-electron chi connectivity index (χ4n) is 2.30. The highest BCUT2D eigenvalue weighted by Gasteiger charge is 2.34. The van der Waals surface area contributed by atoms with Crippen LogP contribution in [0.15, 0.2) is 0 Å². The molecular formula is C13H24ClNO. The van der Waals surface area contributed by atoms with Gasteiger partial charge in [-0.25, -0.2) is 0 Å². The van der Waals surface area contributed by atoms with Crippen LogP contribution >= 0.6 is 11.6 Å². The molecule has 1 saturated carbocycles. The van der Waals surface area contributed by atoms with Gasteiger partial charge in [0.05, 0.1) is 0 Å². The molecular weight excluding hydrogens is 222 g/mol. The lowest BCUT2D eigenvalue weighted by Gasteiger charge is -2.35. The van der Waals surface area contributed by atoms with Crippen molar-refractivity contribution in [1.29, 1.82) is 0 Å². The van der Waals surface area contributed by atoms with E-state index >= 15 is 0 Å². The molecule has 2 nitrogen and oxygen atoms in total. The standard InChI is InChI=1S/C13H24ClNO/c1-4-13(2,3)12(16)15(10-9-14)11-7-5-6-8-11/h11H,4-10H2,1-3H3. The number of hydrogen-bond acceptors (Lipinski definition) is 1. The van der Waals surface area contributed by atoms with Crippen molar-refractivity contribution in [3.63, 3.8) is 0 Å². The van der Waals surface area contributed by atoms with Crippen LogP contribution in [0.2, 0.25) is 0 Å². The second-order valence-corrected chi connectivity index (χ2v) is 5.74. The molecule has 1 amide bonds. The number of amides is 1. The number of alkyl halides is 1. The fraction of sp³-hybridized carbons (Fsp3) is 0.923. The predicted molar refractivity (Wildman–Crippen MR) is 68.8 cm³/mol. The Bertz CT molecular complexity index is 234. The molecule has 1 aliphatic carbocycles. The van der Waals surface area contributed by atoms with Gasteiger partial charge < -0.3 is 4.90 Å². The minimum Gasteiger partial charge on any atom is -0.338 e. The monoisotopic (exact) mass is 245 g/mol. The smallest absolute Gasteiger partial charge is 0.228 e. The first kappa shape index (κ1) is 13.8. The molecule has 1 fully saturated rings. The molecule has 0 saturated heterocycles. The van der Waals surface area contributed by atoms with E-state index in [1.165, 1.54) is 12.8 Å². The number of carbonyl (C=O) groups is 1. The summed E-state index contributed by atoms with van der Waals surface area (Å²) in [4.78, 5) is 14.5. The summed E-state index contributed by atoms with van der Waals surface area (Å²) >= 11 is 5.82. The average Bonchev–Trinajstić information content (AvgIpc) is 2.78. The summed E-state index contributed by atoms with van der Waals surface area (Å²) in [6.45, 7) is 6.84. The quantitative estimate of drug-likeness (QED) is 0.680. The average molecular weight is 246 g/mol. The Morgan fingerprint density at radius 2 is 1.94 bits per heavy atom. The van der Waals surface area contributed by atoms with Crippen LogP contribution in [-0.2, 0) is 4.79 Å². The maximum Gasteiger partial charge on any atom is 0.228 e. The van der Waals surface area contributed by atoms with Crippen molar-refractivity contribution in [3.05, 3.63) is 0 Å². The molecule has 0 heterocycles. The minimum atomic E-state index is -0.241. The van der Waals surface area contributed by atoms with E-state index in [1.54, 1.807) is 0 Å². The van der Waals surface area contributed by atoms with E-state index in [1.807, 2.05) is 18.7 Å². The van der Waals surface area contributed by atoms with Crippen LogP contribution < -0.4 is 0 Å². The molecule has 16 heavy (non-hydrogen) atoms. The Balaban J connectivity index is 2.72. The first-order valence-electron chi connectivity index (χ1n) is 6.40. The zero-order valence-corrected chi connectivity index (χ0v) is 11.5. The molecule has 0 atom stereocenters. The van der Waals surface area contributed by atoms with Gasteiger partial charge in [-0.05, 0) is 19.3 Å². The van der Waals surface area contributed by atoms with Crippen molar-refractivity contribution in [2.45, 2.75) is 58.9 Å². The molecule has 0 aromatic heterocycles. The summed E-state index contributed by atoms with van der Waals surface area (Å²) in [5, 5.41) is 0. The van der Waals surface area contributed by atoms with E-state index < -0.39 is 0 Å². The predicted octanol–water partition coefficient (Wildman–Crippen LogP) is 3.43. The van der Waals surface area contributed by atoms with Crippen LogP contribution in [0.4, 0.5) is 0 Å². The van der Waals surface area contributed by atoms with Gasteiger partial charge in [0, 0.05) is 23.9 Å². The van der Waals surface area contributed by atoms with Crippen molar-refractivity contribution >= 4 is 17.5 Å². The summed E-state index contributed by atoms with van der Waals surface area (Å²) in [6.07, 6.45) is 5.70. The summed E-state index contributed by atoms with van der Waals surface area (Å²) in [5.74, 6) is 0.824. The van der Waals surface area contributed by atoms with Crippen molar-refractivity contribution in [2.75, 3.05) is 12.4 Å². The maximum atomic E-state index is 12.4. The Morgan fingerprint density at radius 3 is 2.38 bits per heavy atom. The number of rotatable bonds is 5. The second kappa shape index (κ2) is 5.90. The maximum absolute atomic E-state index is 12.4. The highest BCUT2D eigenvalue weighted by Crippen LogP contribution is 2.29. The molecule has 94 valence electrons. The Morgan fingerprint density at radius 1 is 1.38 bits per heavy atom. The third-order valence-electron chi connectivity index (χ3n) is 3.81. The lowest BCUT2D eigenvalue weighted by atomic mass is 9.88. The van der Waals surface area contributed by atoms with Crippen molar-refractivity contribution in [2.24, 2.45) is 5.41 Å². The molecule has 0 radical (unpaired) electrons. The van der Waals surface area contributed by atoms with E-state index in [0.29, 0.717) is 18.5 Å². The van der Waals surface area contributed by atoms with Crippen LogP contribution in [0.5, 0.6) is 0 Å². The van der Waals surface area contributed by atoms with Gasteiger partial charge in [-0.3, -0.25) is 4.79 Å². The number of halogens is 1. The highest BCUT2D eigenvalue weighted by atomic mass is 35.5. The first-order chi connectivity index (χ1) is 7.53. The highest BCUT2D eigenvalue weighted by molar-refractivity contribution is 6.18. The zero-order chi connectivity index (χ0) is 12.2. The van der Waals surface area contributed by atoms with Gasteiger partial charge in [-0.15, -0.1) is 11.6 Å². The summed E-state index contributed by atoms with van der Waals surface area (Å²) in [6, 6.07) is 0.442. The number of nitrogens with zero attached hydrogens (tertiary/aromatic N) is 1. The normalized spacial score (nSPS) is 17.8. The van der Waals surface area contributed by atoms with E-state index in [0.717, 1.165) is 19.3 Å². The second-order valence-electron chi connectivity index (χ2n) is 5.36. The van der Waals surface area contributed by atoms with Crippen molar-refractivity contribution in [3.8, 4) is 0 Å². The molecule has 1 rings (SSSR count). The summed E-state index contributed by atoms with van der Waals surface area (Å²) in [7, 11) is 0. The SMILES string of the molecule is CCC(C)(C)C(=O)N(CCCl)C1CCCC1. The molecule has 0 aliphatic heterocycles. The Hall–Kier alpha value is -0.240. The van der Waals surface area contributed by atoms with Gasteiger partial charge in [0.2, 0.25) is 5.91 Å². The van der Waals surface area contributed by atoms with E-state index in [-0.39, 0.29) is 11.3 Å². The van der Waals surface area contributed by atoms with Crippen molar-refractivity contribution in [1.82, 2.24) is 4.90 Å². The van der Waals surface area contributed by atoms with Gasteiger partial charge in [-0.2, -0.15) is 0 Å². The van der Waals surface area contributed by atoms with Crippen LogP contribution in [0.1, 0.15) is 52.9 Å². The Kier molecular flexibility index (Phi) is 5.10. The number of carbonyl (C=O) groups excluding carboxylic acids is 1. The van der Waals surface area contributed by atoms with Crippen molar-refractivity contribution < 1.29 is 4.79 Å². The molecule has 1 aliphatic rings. The molecule has 0 bridgehead atoms. The van der Waals surface area contributed by atoms with E-state index in [9.17, 15) is 4.79 Å². The summed E-state index contributed by atoms with van der Waals surface area (Å²) < 4.78 is 0. The zero-order valence-electron chi connectivity index (χ0n) is 10.8. The van der Waals surface area contributed by atoms with Gasteiger partial charge in [0.1, 0.15) is 0 Å². The summed E-state index contributed by atoms with van der Waals surface area (Å²) in [5.41, 5.74) is -0.241. The topological polar surface area (TPSA) is 20.3 Å². The van der Waals surface area contributed by atoms with Gasteiger partial charge in [0.25, 0.3) is 0 Å². The van der Waals surface area contributed by atoms with Crippen LogP contribution in [0.3, 0.4) is 0 Å². The molecule has 0 N–H and O–H groups in total. The fourth-order valence-corrected chi connectivity index (χ4v) is 2.48. The van der Waals surface area contributed by atoms with E-state index in [2.05, 4.69) is 6.92 Å². The lowest BCUT2D eigenvalue weighted by Crippen LogP contribution is -2.46. The first-order valence-corrected chi connectivity index (χ1v) is 6.93. The molecule has 0 unspecified atom stereocenters. The van der Waals surface area contributed by atoms with E-state index in [4.69, 9.17) is 11.6 Å². The molecule has 3 heteroatoms. The molecule has 0 spiro atoms. The largest absolute Gasteiger partial charge is 0.338 e. The minimum absolute atomic E-state index is 0.241. The molecule has 0 aromatic rings. The van der Waals surface area contributed by atoms with Gasteiger partial charge in [-0.1, -0.05) is 33.6 Å². The third-order valence-corrected chi connectivity index (χ3v) is 3.98. The van der Waals surface area contributed by atoms with Gasteiger partial charge in [0.15, 0.2) is 0 Å². The number of hydrogen-bond donors (Lipinski definition) is 0. The molecule has 0 aromatic carbocycles. The van der Waals surface area contributed by atoms with Crippen LogP contribution in [0, 0.1) is 5.41 Å². The van der Waals surface area contributed by atoms with Crippen LogP contribution in [0.25, 0.3) is 0 Å².